The number of nitrogens with two attached hydrogens (primary N) is 2. The van der Waals surface area contributed by atoms with Crippen LogP contribution in [-0.4, -0.2) is 11.2 Å². The highest BCUT2D eigenvalue weighted by Gasteiger charge is 2.11. The van der Waals surface area contributed by atoms with Crippen LogP contribution in [0.1, 0.15) is 6.92 Å². The second kappa shape index (κ2) is 4.18. The Kier molecular flexibility index (Phi) is 3.19. The average molecular weight is 196 g/mol. The molecule has 4 heteroatoms. The van der Waals surface area contributed by atoms with Gasteiger partial charge in [0, 0.05) is 10.6 Å². The zero-order valence-electron chi connectivity index (χ0n) is 7.36. The second-order valence-corrected chi connectivity index (χ2v) is 4.08. The molecule has 0 spiro atoms. The van der Waals surface area contributed by atoms with Crippen molar-refractivity contribution in [1.29, 1.82) is 0 Å². The van der Waals surface area contributed by atoms with Crippen molar-refractivity contribution < 1.29 is 4.79 Å². The molecule has 0 aliphatic carbocycles. The van der Waals surface area contributed by atoms with Crippen LogP contribution in [0.3, 0.4) is 0 Å². The van der Waals surface area contributed by atoms with Crippen molar-refractivity contribution in [1.82, 2.24) is 0 Å². The highest BCUT2D eigenvalue weighted by Crippen LogP contribution is 2.27. The maximum atomic E-state index is 10.8. The molecule has 1 aromatic rings. The van der Waals surface area contributed by atoms with Crippen LogP contribution in [0.5, 0.6) is 0 Å². The fraction of sp³-hybridized carbons (Fsp3) is 0.222. The number of hydrogen-bond acceptors (Lipinski definition) is 3. The van der Waals surface area contributed by atoms with E-state index in [1.165, 1.54) is 11.8 Å². The highest BCUT2D eigenvalue weighted by atomic mass is 32.2. The van der Waals surface area contributed by atoms with Gasteiger partial charge in [-0.1, -0.05) is 12.1 Å². The van der Waals surface area contributed by atoms with E-state index in [0.29, 0.717) is 5.69 Å². The zero-order chi connectivity index (χ0) is 9.84. The Labute approximate surface area is 81.5 Å². The summed E-state index contributed by atoms with van der Waals surface area (Å²) in [6.45, 7) is 1.76. The molecule has 0 saturated carbocycles. The first-order chi connectivity index (χ1) is 6.11. The van der Waals surface area contributed by atoms with Crippen LogP contribution >= 0.6 is 11.8 Å². The molecule has 70 valence electrons. The van der Waals surface area contributed by atoms with Crippen LogP contribution in [0.2, 0.25) is 0 Å². The van der Waals surface area contributed by atoms with Gasteiger partial charge in [0.05, 0.1) is 5.25 Å². The summed E-state index contributed by atoms with van der Waals surface area (Å²) in [5.41, 5.74) is 11.5. The van der Waals surface area contributed by atoms with Crippen LogP contribution in [0.25, 0.3) is 0 Å². The molecule has 0 radical (unpaired) electrons. The summed E-state index contributed by atoms with van der Waals surface area (Å²) >= 11 is 1.38. The van der Waals surface area contributed by atoms with Crippen LogP contribution in [0.15, 0.2) is 29.2 Å². The maximum absolute atomic E-state index is 10.8. The lowest BCUT2D eigenvalue weighted by atomic mass is 10.3. The first-order valence-electron chi connectivity index (χ1n) is 3.91. The number of benzene rings is 1. The third-order valence-electron chi connectivity index (χ3n) is 1.62. The molecule has 3 nitrogen and oxygen atoms in total. The van der Waals surface area contributed by atoms with Gasteiger partial charge in [0.25, 0.3) is 0 Å². The van der Waals surface area contributed by atoms with E-state index in [1.807, 2.05) is 18.2 Å². The monoisotopic (exact) mass is 196 g/mol. The Bertz CT molecular complexity index is 314. The number of amides is 1. The minimum absolute atomic E-state index is 0.246. The summed E-state index contributed by atoms with van der Waals surface area (Å²) in [7, 11) is 0. The van der Waals surface area contributed by atoms with Gasteiger partial charge in [0.2, 0.25) is 5.91 Å². The summed E-state index contributed by atoms with van der Waals surface area (Å²) in [4.78, 5) is 11.7. The molecule has 1 amide bonds. The molecule has 0 saturated heterocycles. The molecule has 0 fully saturated rings. The second-order valence-electron chi connectivity index (χ2n) is 2.70. The van der Waals surface area contributed by atoms with Crippen molar-refractivity contribution in [3.05, 3.63) is 24.3 Å². The minimum Gasteiger partial charge on any atom is -0.398 e. The highest BCUT2D eigenvalue weighted by molar-refractivity contribution is 8.00. The van der Waals surface area contributed by atoms with Crippen molar-refractivity contribution in [3.63, 3.8) is 0 Å². The number of thioether (sulfide) groups is 1. The Morgan fingerprint density at radius 2 is 2.08 bits per heavy atom. The Morgan fingerprint density at radius 3 is 2.62 bits per heavy atom. The van der Waals surface area contributed by atoms with Crippen LogP contribution < -0.4 is 11.5 Å². The topological polar surface area (TPSA) is 69.1 Å². The molecule has 0 aliphatic rings. The summed E-state index contributed by atoms with van der Waals surface area (Å²) in [5.74, 6) is -0.326. The first-order valence-corrected chi connectivity index (χ1v) is 4.79. The molecular weight excluding hydrogens is 184 g/mol. The molecule has 1 rings (SSSR count). The fourth-order valence-electron chi connectivity index (χ4n) is 0.836. The first kappa shape index (κ1) is 9.92. The van der Waals surface area contributed by atoms with Crippen molar-refractivity contribution in [2.24, 2.45) is 5.73 Å². The van der Waals surface area contributed by atoms with E-state index in [0.717, 1.165) is 4.90 Å². The molecule has 1 atom stereocenters. The Morgan fingerprint density at radius 1 is 1.46 bits per heavy atom. The SMILES string of the molecule is CC(Sc1ccccc1N)C(N)=O. The van der Waals surface area contributed by atoms with E-state index in [-0.39, 0.29) is 11.2 Å². The molecule has 13 heavy (non-hydrogen) atoms. The summed E-state index contributed by atoms with van der Waals surface area (Å²) in [6.07, 6.45) is 0. The molecule has 0 aliphatic heterocycles. The fourth-order valence-corrected chi connectivity index (χ4v) is 1.69. The lowest BCUT2D eigenvalue weighted by Crippen LogP contribution is -2.22. The predicted molar refractivity (Wildman–Crippen MR) is 55.4 cm³/mol. The van der Waals surface area contributed by atoms with Gasteiger partial charge in [0.15, 0.2) is 0 Å². The summed E-state index contributed by atoms with van der Waals surface area (Å²) < 4.78 is 0. The van der Waals surface area contributed by atoms with E-state index in [9.17, 15) is 4.79 Å². The lowest BCUT2D eigenvalue weighted by Gasteiger charge is -2.08. The molecular formula is C9H12N2OS. The molecule has 0 bridgehead atoms. The number of primary amides is 1. The van der Waals surface area contributed by atoms with E-state index in [2.05, 4.69) is 0 Å². The van der Waals surface area contributed by atoms with Gasteiger partial charge in [-0.3, -0.25) is 4.79 Å². The smallest absolute Gasteiger partial charge is 0.230 e. The molecule has 1 unspecified atom stereocenters. The molecule has 0 aromatic heterocycles. The van der Waals surface area contributed by atoms with Gasteiger partial charge >= 0.3 is 0 Å². The Hall–Kier alpha value is -1.16. The number of carbonyl (C=O) groups is 1. The maximum Gasteiger partial charge on any atom is 0.230 e. The third kappa shape index (κ3) is 2.66. The predicted octanol–water partition coefficient (Wildman–Crippen LogP) is 1.23. The summed E-state index contributed by atoms with van der Waals surface area (Å²) in [5, 5.41) is -0.246. The van der Waals surface area contributed by atoms with Crippen LogP contribution in [0.4, 0.5) is 5.69 Å². The number of para-hydroxylation sites is 1. The average Bonchev–Trinajstić information content (AvgIpc) is 2.08. The van der Waals surface area contributed by atoms with Crippen molar-refractivity contribution in [3.8, 4) is 0 Å². The number of carbonyl (C=O) groups excluding carboxylic acids is 1. The number of rotatable bonds is 3. The van der Waals surface area contributed by atoms with E-state index in [1.54, 1.807) is 13.0 Å². The van der Waals surface area contributed by atoms with Gasteiger partial charge in [-0.05, 0) is 19.1 Å². The molecule has 4 N–H and O–H groups in total. The summed E-state index contributed by atoms with van der Waals surface area (Å²) in [6, 6.07) is 7.41. The van der Waals surface area contributed by atoms with E-state index in [4.69, 9.17) is 11.5 Å². The largest absolute Gasteiger partial charge is 0.398 e. The molecule has 0 heterocycles. The van der Waals surface area contributed by atoms with E-state index >= 15 is 0 Å². The quantitative estimate of drug-likeness (QED) is 0.564. The number of nitrogen functional groups attached to an aromatic ring is 1. The minimum atomic E-state index is -0.326. The van der Waals surface area contributed by atoms with E-state index < -0.39 is 0 Å². The van der Waals surface area contributed by atoms with Crippen molar-refractivity contribution >= 4 is 23.4 Å². The van der Waals surface area contributed by atoms with Gasteiger partial charge < -0.3 is 11.5 Å². The third-order valence-corrected chi connectivity index (χ3v) is 2.84. The standard InChI is InChI=1S/C9H12N2OS/c1-6(9(11)12)13-8-5-3-2-4-7(8)10/h2-6H,10H2,1H3,(H2,11,12). The van der Waals surface area contributed by atoms with Gasteiger partial charge in [0.1, 0.15) is 0 Å². The normalized spacial score (nSPS) is 12.4. The van der Waals surface area contributed by atoms with Crippen LogP contribution in [0, 0.1) is 0 Å². The lowest BCUT2D eigenvalue weighted by molar-refractivity contribution is -0.117. The van der Waals surface area contributed by atoms with Gasteiger partial charge in [-0.25, -0.2) is 0 Å². The van der Waals surface area contributed by atoms with Gasteiger partial charge in [-0.15, -0.1) is 11.8 Å². The van der Waals surface area contributed by atoms with Crippen molar-refractivity contribution in [2.45, 2.75) is 17.1 Å². The number of anilines is 1. The number of hydrogen-bond donors (Lipinski definition) is 2. The van der Waals surface area contributed by atoms with Gasteiger partial charge in [-0.2, -0.15) is 0 Å². The zero-order valence-corrected chi connectivity index (χ0v) is 8.17. The van der Waals surface area contributed by atoms with Crippen LogP contribution in [-0.2, 0) is 4.79 Å². The van der Waals surface area contributed by atoms with Crippen molar-refractivity contribution in [2.75, 3.05) is 5.73 Å². The Balaban J connectivity index is 2.74. The molecule has 1 aromatic carbocycles.